The molecule has 7 heteroatoms. The fourth-order valence-corrected chi connectivity index (χ4v) is 4.53. The summed E-state index contributed by atoms with van der Waals surface area (Å²) in [6, 6.07) is 12.3. The van der Waals surface area contributed by atoms with Crippen LogP contribution in [0.25, 0.3) is 22.0 Å². The molecule has 1 aliphatic heterocycles. The van der Waals surface area contributed by atoms with E-state index in [9.17, 15) is 0 Å². The van der Waals surface area contributed by atoms with Gasteiger partial charge in [-0.25, -0.2) is 4.98 Å². The Bertz CT molecular complexity index is 1260. The third-order valence-electron chi connectivity index (χ3n) is 6.06. The molecule has 0 saturated carbocycles. The Hall–Kier alpha value is -3.74. The lowest BCUT2D eigenvalue weighted by Gasteiger charge is -2.27. The molecule has 0 N–H and O–H groups in total. The molecule has 162 valence electrons. The predicted molar refractivity (Wildman–Crippen MR) is 124 cm³/mol. The second-order valence-electron chi connectivity index (χ2n) is 7.95. The van der Waals surface area contributed by atoms with Gasteiger partial charge in [-0.15, -0.1) is 0 Å². The molecule has 0 aliphatic carbocycles. The molecule has 1 aromatic carbocycles. The smallest absolute Gasteiger partial charge is 0.162 e. The third-order valence-corrected chi connectivity index (χ3v) is 6.06. The topological polar surface area (TPSA) is 73.3 Å². The number of fused-ring (bicyclic) bond motifs is 1. The standard InChI is InChI=1S/C25H25N5O2/c1-16-11-17(19-15-28-29-21-13-24(32-3)23(31-2)12-18(19)21)14-27-25(16)30-10-6-8-22(30)20-7-4-5-9-26-20/h4-5,7,9,11-15,22H,6,8,10H2,1-3H3/t22-/m1/s1. The van der Waals surface area contributed by atoms with Crippen molar-refractivity contribution in [2.75, 3.05) is 25.7 Å². The number of pyridine rings is 2. The number of nitrogens with zero attached hydrogens (tertiary/aromatic N) is 5. The van der Waals surface area contributed by atoms with E-state index in [0.717, 1.165) is 58.5 Å². The minimum atomic E-state index is 0.258. The first kappa shape index (κ1) is 20.2. The highest BCUT2D eigenvalue weighted by atomic mass is 16.5. The summed E-state index contributed by atoms with van der Waals surface area (Å²) in [7, 11) is 3.25. The Labute approximate surface area is 187 Å². The van der Waals surface area contributed by atoms with Crippen LogP contribution in [-0.4, -0.2) is 40.9 Å². The number of aryl methyl sites for hydroxylation is 1. The Kier molecular flexibility index (Phi) is 5.31. The van der Waals surface area contributed by atoms with Crippen LogP contribution >= 0.6 is 0 Å². The van der Waals surface area contributed by atoms with Crippen LogP contribution in [0.4, 0.5) is 5.82 Å². The average Bonchev–Trinajstić information content (AvgIpc) is 3.32. The number of rotatable bonds is 5. The number of hydrogen-bond donors (Lipinski definition) is 0. The summed E-state index contributed by atoms with van der Waals surface area (Å²) in [6.07, 6.45) is 7.77. The van der Waals surface area contributed by atoms with E-state index < -0.39 is 0 Å². The molecule has 0 unspecified atom stereocenters. The summed E-state index contributed by atoms with van der Waals surface area (Å²) in [5.41, 5.74) is 4.92. The van der Waals surface area contributed by atoms with Crippen LogP contribution in [0.1, 0.15) is 30.1 Å². The molecule has 0 amide bonds. The Morgan fingerprint density at radius 3 is 2.59 bits per heavy atom. The molecule has 0 spiro atoms. The van der Waals surface area contributed by atoms with Gasteiger partial charge in [0, 0.05) is 41.5 Å². The van der Waals surface area contributed by atoms with Crippen LogP contribution in [0.2, 0.25) is 0 Å². The number of aromatic nitrogens is 4. The van der Waals surface area contributed by atoms with Crippen LogP contribution < -0.4 is 14.4 Å². The number of methoxy groups -OCH3 is 2. The number of ether oxygens (including phenoxy) is 2. The van der Waals surface area contributed by atoms with E-state index in [1.165, 1.54) is 0 Å². The van der Waals surface area contributed by atoms with Crippen molar-refractivity contribution in [3.63, 3.8) is 0 Å². The van der Waals surface area contributed by atoms with Crippen LogP contribution in [-0.2, 0) is 0 Å². The fourth-order valence-electron chi connectivity index (χ4n) is 4.53. The van der Waals surface area contributed by atoms with E-state index in [2.05, 4.69) is 39.1 Å². The first-order valence-corrected chi connectivity index (χ1v) is 10.7. The van der Waals surface area contributed by atoms with Crippen LogP contribution in [0, 0.1) is 6.92 Å². The molecule has 0 bridgehead atoms. The van der Waals surface area contributed by atoms with Gasteiger partial charge >= 0.3 is 0 Å². The molecule has 7 nitrogen and oxygen atoms in total. The lowest BCUT2D eigenvalue weighted by atomic mass is 10.0. The second-order valence-corrected chi connectivity index (χ2v) is 7.95. The lowest BCUT2D eigenvalue weighted by Crippen LogP contribution is -2.25. The largest absolute Gasteiger partial charge is 0.493 e. The first-order valence-electron chi connectivity index (χ1n) is 10.7. The molecule has 0 radical (unpaired) electrons. The van der Waals surface area contributed by atoms with Gasteiger partial charge in [-0.3, -0.25) is 4.98 Å². The van der Waals surface area contributed by atoms with Gasteiger partial charge < -0.3 is 14.4 Å². The molecule has 3 aromatic heterocycles. The molecule has 1 atom stereocenters. The van der Waals surface area contributed by atoms with Gasteiger partial charge in [0.25, 0.3) is 0 Å². The van der Waals surface area contributed by atoms with Crippen molar-refractivity contribution in [3.05, 3.63) is 66.2 Å². The van der Waals surface area contributed by atoms with E-state index in [-0.39, 0.29) is 6.04 Å². The van der Waals surface area contributed by atoms with Crippen molar-refractivity contribution in [2.24, 2.45) is 0 Å². The Balaban J connectivity index is 1.54. The van der Waals surface area contributed by atoms with E-state index in [1.807, 2.05) is 36.7 Å². The van der Waals surface area contributed by atoms with Crippen LogP contribution in [0.3, 0.4) is 0 Å². The van der Waals surface area contributed by atoms with E-state index >= 15 is 0 Å². The Morgan fingerprint density at radius 1 is 1.00 bits per heavy atom. The highest BCUT2D eigenvalue weighted by Crippen LogP contribution is 2.39. The van der Waals surface area contributed by atoms with Crippen molar-refractivity contribution in [1.29, 1.82) is 0 Å². The predicted octanol–water partition coefficient (Wildman–Crippen LogP) is 4.75. The van der Waals surface area contributed by atoms with Gasteiger partial charge in [0.05, 0.1) is 37.7 Å². The lowest BCUT2D eigenvalue weighted by molar-refractivity contribution is 0.356. The van der Waals surface area contributed by atoms with Gasteiger partial charge in [0.1, 0.15) is 5.82 Å². The molecule has 32 heavy (non-hydrogen) atoms. The zero-order valence-electron chi connectivity index (χ0n) is 18.4. The maximum atomic E-state index is 5.50. The quantitative estimate of drug-likeness (QED) is 0.455. The van der Waals surface area contributed by atoms with Crippen molar-refractivity contribution in [3.8, 4) is 22.6 Å². The fraction of sp³-hybridized carbons (Fsp3) is 0.280. The normalized spacial score (nSPS) is 15.8. The van der Waals surface area contributed by atoms with Crippen molar-refractivity contribution < 1.29 is 9.47 Å². The van der Waals surface area contributed by atoms with Gasteiger partial charge in [-0.05, 0) is 49.6 Å². The van der Waals surface area contributed by atoms with Gasteiger partial charge in [-0.2, -0.15) is 10.2 Å². The Morgan fingerprint density at radius 2 is 1.84 bits per heavy atom. The summed E-state index contributed by atoms with van der Waals surface area (Å²) in [5, 5.41) is 9.43. The van der Waals surface area contributed by atoms with Crippen molar-refractivity contribution in [2.45, 2.75) is 25.8 Å². The zero-order chi connectivity index (χ0) is 22.1. The molecule has 4 aromatic rings. The molecule has 5 rings (SSSR count). The summed E-state index contributed by atoms with van der Waals surface area (Å²) < 4.78 is 10.9. The minimum absolute atomic E-state index is 0.258. The molecular formula is C25H25N5O2. The van der Waals surface area contributed by atoms with Gasteiger partial charge in [0.15, 0.2) is 11.5 Å². The van der Waals surface area contributed by atoms with Crippen molar-refractivity contribution in [1.82, 2.24) is 20.2 Å². The number of benzene rings is 1. The second kappa shape index (κ2) is 8.42. The molecule has 1 saturated heterocycles. The third kappa shape index (κ3) is 3.49. The molecular weight excluding hydrogens is 402 g/mol. The summed E-state index contributed by atoms with van der Waals surface area (Å²) in [6.45, 7) is 3.09. The number of anilines is 1. The SMILES string of the molecule is COc1cc2nncc(-c3cnc(N4CCC[C@@H]4c4ccccn4)c(C)c3)c2cc1OC. The van der Waals surface area contributed by atoms with Gasteiger partial charge in [-0.1, -0.05) is 6.07 Å². The monoisotopic (exact) mass is 427 g/mol. The maximum Gasteiger partial charge on any atom is 0.162 e. The average molecular weight is 428 g/mol. The summed E-state index contributed by atoms with van der Waals surface area (Å²) in [4.78, 5) is 11.9. The van der Waals surface area contributed by atoms with Crippen LogP contribution in [0.15, 0.2) is 55.0 Å². The van der Waals surface area contributed by atoms with E-state index in [4.69, 9.17) is 14.5 Å². The highest BCUT2D eigenvalue weighted by molar-refractivity contribution is 5.95. The molecule has 1 aliphatic rings. The minimum Gasteiger partial charge on any atom is -0.493 e. The summed E-state index contributed by atoms with van der Waals surface area (Å²) >= 11 is 0. The van der Waals surface area contributed by atoms with E-state index in [0.29, 0.717) is 11.5 Å². The van der Waals surface area contributed by atoms with Gasteiger partial charge in [0.2, 0.25) is 0 Å². The molecule has 1 fully saturated rings. The maximum absolute atomic E-state index is 5.50. The summed E-state index contributed by atoms with van der Waals surface area (Å²) in [5.74, 6) is 2.30. The first-order chi connectivity index (χ1) is 15.7. The van der Waals surface area contributed by atoms with Crippen LogP contribution in [0.5, 0.6) is 11.5 Å². The zero-order valence-corrected chi connectivity index (χ0v) is 18.4. The van der Waals surface area contributed by atoms with E-state index in [1.54, 1.807) is 20.4 Å². The highest BCUT2D eigenvalue weighted by Gasteiger charge is 2.29. The number of hydrogen-bond acceptors (Lipinski definition) is 7. The van der Waals surface area contributed by atoms with Crippen molar-refractivity contribution >= 4 is 16.7 Å². The molecule has 4 heterocycles.